The second-order valence-corrected chi connectivity index (χ2v) is 7.03. The molecule has 2 N–H and O–H groups in total. The number of nitrogens with one attached hydrogen (secondary N) is 1. The van der Waals surface area contributed by atoms with Gasteiger partial charge in [0, 0.05) is 10.6 Å². The van der Waals surface area contributed by atoms with Gasteiger partial charge in [0.1, 0.15) is 5.75 Å². The summed E-state index contributed by atoms with van der Waals surface area (Å²) in [5.74, 6) is -1.000. The molecule has 0 saturated heterocycles. The van der Waals surface area contributed by atoms with Crippen LogP contribution in [0, 0.1) is 0 Å². The molecule has 1 atom stereocenters. The lowest BCUT2D eigenvalue weighted by molar-refractivity contribution is -0.144. The van der Waals surface area contributed by atoms with E-state index in [2.05, 4.69) is 26.0 Å². The first kappa shape index (κ1) is 19.8. The fourth-order valence-corrected chi connectivity index (χ4v) is 3.33. The van der Waals surface area contributed by atoms with Crippen molar-refractivity contribution in [1.82, 2.24) is 9.66 Å². The van der Waals surface area contributed by atoms with Crippen molar-refractivity contribution in [1.29, 1.82) is 0 Å². The fourth-order valence-electron chi connectivity index (χ4n) is 2.41. The van der Waals surface area contributed by atoms with Gasteiger partial charge in [0.15, 0.2) is 6.10 Å². The molecule has 0 aliphatic heterocycles. The largest absolute Gasteiger partial charge is 0.479 e. The van der Waals surface area contributed by atoms with Gasteiger partial charge in [0.05, 0.1) is 21.6 Å². The summed E-state index contributed by atoms with van der Waals surface area (Å²) in [5, 5.41) is 13.6. The molecule has 144 valence electrons. The number of benzene rings is 2. The van der Waals surface area contributed by atoms with Gasteiger partial charge >= 0.3 is 11.7 Å². The summed E-state index contributed by atoms with van der Waals surface area (Å²) in [6, 6.07) is 9.54. The summed E-state index contributed by atoms with van der Waals surface area (Å²) in [4.78, 5) is 38.4. The van der Waals surface area contributed by atoms with Gasteiger partial charge in [-0.15, -0.1) is 4.68 Å². The predicted molar refractivity (Wildman–Crippen MR) is 109 cm³/mol. The zero-order chi connectivity index (χ0) is 20.4. The second-order valence-electron chi connectivity index (χ2n) is 5.74. The Kier molecular flexibility index (Phi) is 5.66. The van der Waals surface area contributed by atoms with Gasteiger partial charge in [0.25, 0.3) is 5.56 Å². The summed E-state index contributed by atoms with van der Waals surface area (Å²) in [7, 11) is 0. The van der Waals surface area contributed by atoms with Crippen molar-refractivity contribution in [2.45, 2.75) is 13.0 Å². The number of carboxylic acid groups (broad SMARTS) is 1. The summed E-state index contributed by atoms with van der Waals surface area (Å²) >= 11 is 9.31. The smallest absolute Gasteiger partial charge is 0.349 e. The number of fused-ring (bicyclic) bond motifs is 1. The van der Waals surface area contributed by atoms with Gasteiger partial charge in [-0.05, 0) is 47.1 Å². The maximum absolute atomic E-state index is 12.5. The molecule has 0 radical (unpaired) electrons. The highest BCUT2D eigenvalue weighted by Gasteiger charge is 2.18. The number of hydrogen-bond donors (Lipinski definition) is 2. The van der Waals surface area contributed by atoms with Gasteiger partial charge in [-0.1, -0.05) is 23.7 Å². The Bertz CT molecular complexity index is 1220. The molecule has 28 heavy (non-hydrogen) atoms. The topological polar surface area (TPSA) is 114 Å². The van der Waals surface area contributed by atoms with Crippen molar-refractivity contribution in [2.75, 3.05) is 0 Å². The van der Waals surface area contributed by atoms with Crippen molar-refractivity contribution < 1.29 is 14.6 Å². The minimum Gasteiger partial charge on any atom is -0.479 e. The van der Waals surface area contributed by atoms with Crippen LogP contribution in [0.1, 0.15) is 12.5 Å². The zero-order valence-electron chi connectivity index (χ0n) is 14.3. The molecule has 10 heteroatoms. The van der Waals surface area contributed by atoms with Gasteiger partial charge in [-0.3, -0.25) is 4.79 Å². The second kappa shape index (κ2) is 7.99. The minimum absolute atomic E-state index is 0.160. The first-order valence-electron chi connectivity index (χ1n) is 7.95. The van der Waals surface area contributed by atoms with Crippen LogP contribution in [0.4, 0.5) is 0 Å². The number of H-pyrrole nitrogens is 1. The monoisotopic (exact) mass is 465 g/mol. The van der Waals surface area contributed by atoms with Crippen LogP contribution >= 0.6 is 27.5 Å². The van der Waals surface area contributed by atoms with E-state index in [1.807, 2.05) is 0 Å². The quantitative estimate of drug-likeness (QED) is 0.561. The van der Waals surface area contributed by atoms with E-state index < -0.39 is 23.3 Å². The molecule has 0 aliphatic rings. The average Bonchev–Trinajstić information content (AvgIpc) is 2.63. The number of aromatic nitrogens is 2. The fraction of sp³-hybridized carbons (Fsp3) is 0.111. The molecule has 1 heterocycles. The van der Waals surface area contributed by atoms with Gasteiger partial charge in [-0.25, -0.2) is 9.59 Å². The average molecular weight is 467 g/mol. The Balaban J connectivity index is 2.10. The Labute approximate surface area is 171 Å². The van der Waals surface area contributed by atoms with Crippen LogP contribution in [0.5, 0.6) is 5.75 Å². The van der Waals surface area contributed by atoms with Gasteiger partial charge in [-0.2, -0.15) is 5.10 Å². The van der Waals surface area contributed by atoms with Crippen molar-refractivity contribution in [3.63, 3.8) is 0 Å². The van der Waals surface area contributed by atoms with Crippen molar-refractivity contribution in [3.8, 4) is 5.75 Å². The first-order chi connectivity index (χ1) is 13.3. The summed E-state index contributed by atoms with van der Waals surface area (Å²) in [6.45, 7) is 1.36. The Morgan fingerprint density at radius 3 is 2.79 bits per heavy atom. The molecule has 0 unspecified atom stereocenters. The molecule has 0 spiro atoms. The minimum atomic E-state index is -1.16. The van der Waals surface area contributed by atoms with E-state index in [-0.39, 0.29) is 11.3 Å². The Morgan fingerprint density at radius 2 is 2.07 bits per heavy atom. The van der Waals surface area contributed by atoms with E-state index in [0.29, 0.717) is 25.1 Å². The third kappa shape index (κ3) is 4.00. The van der Waals surface area contributed by atoms with Crippen LogP contribution in [0.15, 0.2) is 55.6 Å². The van der Waals surface area contributed by atoms with E-state index in [1.54, 1.807) is 24.3 Å². The van der Waals surface area contributed by atoms with E-state index in [1.165, 1.54) is 25.3 Å². The number of carbonyl (C=O) groups is 1. The number of ether oxygens (including phenoxy) is 1. The highest BCUT2D eigenvalue weighted by atomic mass is 79.9. The first-order valence-corrected chi connectivity index (χ1v) is 9.12. The van der Waals surface area contributed by atoms with Crippen LogP contribution in [-0.2, 0) is 4.79 Å². The van der Waals surface area contributed by atoms with E-state index >= 15 is 0 Å². The maximum atomic E-state index is 12.5. The summed E-state index contributed by atoms with van der Waals surface area (Å²) < 4.78 is 6.51. The number of nitrogens with zero attached hydrogens (tertiary/aromatic N) is 2. The number of aliphatic carboxylic acids is 1. The summed E-state index contributed by atoms with van der Waals surface area (Å²) in [6.07, 6.45) is 0.0582. The number of hydrogen-bond acceptors (Lipinski definition) is 5. The normalized spacial score (nSPS) is 12.4. The van der Waals surface area contributed by atoms with Gasteiger partial charge in [0.2, 0.25) is 0 Å². The Morgan fingerprint density at radius 1 is 1.36 bits per heavy atom. The van der Waals surface area contributed by atoms with Gasteiger partial charge < -0.3 is 14.8 Å². The third-order valence-corrected chi connectivity index (χ3v) is 4.58. The number of halogens is 2. The van der Waals surface area contributed by atoms with E-state index in [0.717, 1.165) is 0 Å². The molecule has 0 amide bonds. The van der Waals surface area contributed by atoms with E-state index in [9.17, 15) is 14.4 Å². The van der Waals surface area contributed by atoms with Crippen molar-refractivity contribution in [3.05, 3.63) is 72.3 Å². The lowest BCUT2D eigenvalue weighted by Gasteiger charge is -2.14. The number of aromatic amines is 1. The molecule has 0 aliphatic carbocycles. The highest BCUT2D eigenvalue weighted by molar-refractivity contribution is 9.10. The molecule has 3 rings (SSSR count). The lowest BCUT2D eigenvalue weighted by atomic mass is 10.2. The molecule has 0 saturated carbocycles. The number of carboxylic acids is 1. The molecule has 3 aromatic rings. The molecular weight excluding hydrogens is 454 g/mol. The molecule has 8 nitrogen and oxygen atoms in total. The molecule has 0 fully saturated rings. The Hall–Kier alpha value is -2.91. The van der Waals surface area contributed by atoms with Crippen LogP contribution < -0.4 is 16.0 Å². The number of rotatable bonds is 5. The van der Waals surface area contributed by atoms with E-state index in [4.69, 9.17) is 21.4 Å². The van der Waals surface area contributed by atoms with Crippen LogP contribution in [0.3, 0.4) is 0 Å². The standard InChI is InChI=1S/C18H13BrClN3O5/c1-9(17(25)26)28-15-10(6-11(20)7-13(15)19)8-21-23-16(24)12-4-2-3-5-14(12)22-18(23)27/h2-9H,1H3,(H,22,27)(H,25,26)/t9-/m1/s1. The third-order valence-electron chi connectivity index (χ3n) is 3.78. The SMILES string of the molecule is C[C@@H](Oc1c(Br)cc(Cl)cc1C=Nn1c(=O)[nH]c2ccccc2c1=O)C(=O)O. The molecule has 0 bridgehead atoms. The summed E-state index contributed by atoms with van der Waals surface area (Å²) in [5.41, 5.74) is -0.638. The van der Waals surface area contributed by atoms with Crippen molar-refractivity contribution >= 4 is 50.6 Å². The molecular formula is C18H13BrClN3O5. The highest BCUT2D eigenvalue weighted by Crippen LogP contribution is 2.32. The predicted octanol–water partition coefficient (Wildman–Crippen LogP) is 2.84. The zero-order valence-corrected chi connectivity index (χ0v) is 16.7. The van der Waals surface area contributed by atoms with Crippen LogP contribution in [0.2, 0.25) is 5.02 Å². The van der Waals surface area contributed by atoms with Crippen LogP contribution in [-0.4, -0.2) is 33.1 Å². The van der Waals surface area contributed by atoms with Crippen molar-refractivity contribution in [2.24, 2.45) is 5.10 Å². The number of para-hydroxylation sites is 1. The lowest BCUT2D eigenvalue weighted by Crippen LogP contribution is -2.32. The van der Waals surface area contributed by atoms with Crippen LogP contribution in [0.25, 0.3) is 10.9 Å². The molecule has 2 aromatic carbocycles. The maximum Gasteiger partial charge on any atom is 0.349 e. The molecule has 1 aromatic heterocycles.